The van der Waals surface area contributed by atoms with Gasteiger partial charge < -0.3 is 14.6 Å². The first kappa shape index (κ1) is 17.0. The smallest absolute Gasteiger partial charge is 0.330 e. The molecular formula is C18H24O6. The second kappa shape index (κ2) is 5.33. The second-order valence-electron chi connectivity index (χ2n) is 8.05. The Morgan fingerprint density at radius 3 is 1.88 bits per heavy atom. The van der Waals surface area contributed by atoms with Crippen molar-refractivity contribution in [2.75, 3.05) is 14.2 Å². The third-order valence-corrected chi connectivity index (χ3v) is 6.21. The highest BCUT2D eigenvalue weighted by Crippen LogP contribution is 2.70. The van der Waals surface area contributed by atoms with E-state index >= 15 is 0 Å². The number of carboxylic acid groups (broad SMARTS) is 1. The number of hydrogen-bond donors (Lipinski definition) is 1. The third-order valence-electron chi connectivity index (χ3n) is 6.21. The van der Waals surface area contributed by atoms with Crippen LogP contribution < -0.4 is 0 Å². The molecule has 0 aromatic rings. The number of methoxy groups -OCH3 is 2. The molecule has 4 aliphatic carbocycles. The molecule has 0 heterocycles. The Bertz CT molecular complexity index is 601. The Kier molecular flexibility index (Phi) is 3.77. The lowest BCUT2D eigenvalue weighted by atomic mass is 9.39. The number of esters is 2. The van der Waals surface area contributed by atoms with Crippen molar-refractivity contribution < 1.29 is 29.0 Å². The molecule has 1 N–H and O–H groups in total. The minimum Gasteiger partial charge on any atom is -0.478 e. The van der Waals surface area contributed by atoms with E-state index in [1.54, 1.807) is 13.0 Å². The van der Waals surface area contributed by atoms with Crippen molar-refractivity contribution in [1.29, 1.82) is 0 Å². The summed E-state index contributed by atoms with van der Waals surface area (Å²) in [7, 11) is 2.74. The minimum atomic E-state index is -0.968. The van der Waals surface area contributed by atoms with Crippen LogP contribution in [0.4, 0.5) is 0 Å². The molecule has 0 radical (unpaired) electrons. The van der Waals surface area contributed by atoms with Crippen LogP contribution in [0.3, 0.4) is 0 Å². The largest absolute Gasteiger partial charge is 0.478 e. The van der Waals surface area contributed by atoms with E-state index in [0.29, 0.717) is 32.1 Å². The van der Waals surface area contributed by atoms with E-state index in [9.17, 15) is 19.5 Å². The Balaban J connectivity index is 2.10. The van der Waals surface area contributed by atoms with Crippen LogP contribution in [-0.4, -0.2) is 37.2 Å². The van der Waals surface area contributed by atoms with Crippen LogP contribution in [0.1, 0.15) is 45.4 Å². The molecule has 4 fully saturated rings. The second-order valence-corrected chi connectivity index (χ2v) is 8.05. The molecular weight excluding hydrogens is 312 g/mol. The highest BCUT2D eigenvalue weighted by atomic mass is 16.5. The van der Waals surface area contributed by atoms with Crippen LogP contribution in [0.2, 0.25) is 0 Å². The lowest BCUT2D eigenvalue weighted by molar-refractivity contribution is -0.199. The summed E-state index contributed by atoms with van der Waals surface area (Å²) in [6.07, 6.45) is 5.54. The highest BCUT2D eigenvalue weighted by molar-refractivity contribution is 5.86. The van der Waals surface area contributed by atoms with Gasteiger partial charge in [0, 0.05) is 5.57 Å². The average molecular weight is 336 g/mol. The zero-order valence-electron chi connectivity index (χ0n) is 14.4. The van der Waals surface area contributed by atoms with Crippen molar-refractivity contribution in [1.82, 2.24) is 0 Å². The summed E-state index contributed by atoms with van der Waals surface area (Å²) >= 11 is 0. The maximum absolute atomic E-state index is 12.6. The van der Waals surface area contributed by atoms with Gasteiger partial charge in [0.15, 0.2) is 0 Å². The molecule has 0 aromatic heterocycles. The molecule has 132 valence electrons. The first-order chi connectivity index (χ1) is 11.2. The number of carboxylic acids is 1. The van der Waals surface area contributed by atoms with Crippen LogP contribution in [0.15, 0.2) is 11.6 Å². The van der Waals surface area contributed by atoms with Gasteiger partial charge in [-0.2, -0.15) is 0 Å². The molecule has 4 saturated carbocycles. The normalized spacial score (nSPS) is 40.3. The van der Waals surface area contributed by atoms with Crippen LogP contribution in [0.5, 0.6) is 0 Å². The van der Waals surface area contributed by atoms with Gasteiger partial charge in [0.05, 0.1) is 25.0 Å². The number of hydrogen-bond acceptors (Lipinski definition) is 5. The van der Waals surface area contributed by atoms with E-state index in [4.69, 9.17) is 9.47 Å². The summed E-state index contributed by atoms with van der Waals surface area (Å²) in [5, 5.41) is 9.27. The molecule has 6 heteroatoms. The van der Waals surface area contributed by atoms with Gasteiger partial charge in [0.1, 0.15) is 0 Å². The van der Waals surface area contributed by atoms with Gasteiger partial charge in [-0.05, 0) is 56.8 Å². The Morgan fingerprint density at radius 2 is 1.46 bits per heavy atom. The summed E-state index contributed by atoms with van der Waals surface area (Å²) in [6, 6.07) is 0. The zero-order chi connectivity index (χ0) is 17.8. The summed E-state index contributed by atoms with van der Waals surface area (Å²) < 4.78 is 10.1. The van der Waals surface area contributed by atoms with Gasteiger partial charge in [0.25, 0.3) is 0 Å². The summed E-state index contributed by atoms with van der Waals surface area (Å²) in [6.45, 7) is 1.57. The maximum atomic E-state index is 12.6. The molecule has 6 nitrogen and oxygen atoms in total. The van der Waals surface area contributed by atoms with Crippen molar-refractivity contribution in [3.63, 3.8) is 0 Å². The molecule has 4 rings (SSSR count). The molecule has 2 atom stereocenters. The molecule has 4 bridgehead atoms. The van der Waals surface area contributed by atoms with E-state index in [1.807, 2.05) is 0 Å². The standard InChI is InChI=1S/C18H24O6/c1-11(13(19)20)4-16-5-12-6-17(8-16,14(21)23-2)10-18(7-12,9-16)15(22)24-3/h4,12H,5-10H2,1-3H3,(H,19,20). The molecule has 2 unspecified atom stereocenters. The van der Waals surface area contributed by atoms with Crippen molar-refractivity contribution in [3.05, 3.63) is 11.6 Å². The lowest BCUT2D eigenvalue weighted by Gasteiger charge is -2.63. The number of ether oxygens (including phenoxy) is 2. The van der Waals surface area contributed by atoms with Gasteiger partial charge in [-0.25, -0.2) is 4.79 Å². The lowest BCUT2D eigenvalue weighted by Crippen LogP contribution is -2.61. The Labute approximate surface area is 141 Å². The predicted octanol–water partition coefficient (Wildman–Crippen LogP) is 2.32. The predicted molar refractivity (Wildman–Crippen MR) is 83.9 cm³/mol. The summed E-state index contributed by atoms with van der Waals surface area (Å²) in [5.41, 5.74) is -1.61. The van der Waals surface area contributed by atoms with Crippen molar-refractivity contribution in [2.45, 2.75) is 45.4 Å². The number of allylic oxidation sites excluding steroid dienone is 1. The zero-order valence-corrected chi connectivity index (χ0v) is 14.4. The Morgan fingerprint density at radius 1 is 0.958 bits per heavy atom. The summed E-state index contributed by atoms with van der Waals surface area (Å²) in [4.78, 5) is 36.4. The van der Waals surface area contributed by atoms with E-state index in [2.05, 4.69) is 0 Å². The van der Waals surface area contributed by atoms with E-state index < -0.39 is 22.2 Å². The van der Waals surface area contributed by atoms with Crippen molar-refractivity contribution >= 4 is 17.9 Å². The monoisotopic (exact) mass is 336 g/mol. The quantitative estimate of drug-likeness (QED) is 0.626. The third kappa shape index (κ3) is 2.34. The molecule has 0 aromatic carbocycles. The SMILES string of the molecule is COC(=O)C12CC3CC(C=C(C)C(=O)O)(C1)CC(C(=O)OC)(C3)C2. The van der Waals surface area contributed by atoms with Crippen LogP contribution in [0.25, 0.3) is 0 Å². The number of carbonyl (C=O) groups is 3. The van der Waals surface area contributed by atoms with E-state index in [-0.39, 0.29) is 23.4 Å². The highest BCUT2D eigenvalue weighted by Gasteiger charge is 2.68. The first-order valence-corrected chi connectivity index (χ1v) is 8.29. The fourth-order valence-corrected chi connectivity index (χ4v) is 6.08. The van der Waals surface area contributed by atoms with Crippen molar-refractivity contribution in [3.8, 4) is 0 Å². The van der Waals surface area contributed by atoms with Gasteiger partial charge in [0.2, 0.25) is 0 Å². The molecule has 0 amide bonds. The number of carbonyl (C=O) groups excluding carboxylic acids is 2. The van der Waals surface area contributed by atoms with Gasteiger partial charge >= 0.3 is 17.9 Å². The first-order valence-electron chi connectivity index (χ1n) is 8.29. The fourth-order valence-electron chi connectivity index (χ4n) is 6.08. The van der Waals surface area contributed by atoms with Crippen LogP contribution >= 0.6 is 0 Å². The summed E-state index contributed by atoms with van der Waals surface area (Å²) in [5.74, 6) is -1.33. The number of aliphatic carboxylic acids is 1. The van der Waals surface area contributed by atoms with Gasteiger partial charge in [-0.3, -0.25) is 9.59 Å². The molecule has 0 spiro atoms. The van der Waals surface area contributed by atoms with Crippen LogP contribution in [0, 0.1) is 22.2 Å². The van der Waals surface area contributed by atoms with Crippen molar-refractivity contribution in [2.24, 2.45) is 22.2 Å². The minimum absolute atomic E-state index is 0.206. The number of rotatable bonds is 4. The van der Waals surface area contributed by atoms with Gasteiger partial charge in [-0.1, -0.05) is 6.08 Å². The van der Waals surface area contributed by atoms with Gasteiger partial charge in [-0.15, -0.1) is 0 Å². The molecule has 0 aliphatic heterocycles. The molecule has 4 aliphatic rings. The van der Waals surface area contributed by atoms with E-state index in [0.717, 1.165) is 6.42 Å². The molecule has 0 saturated heterocycles. The topological polar surface area (TPSA) is 89.9 Å². The average Bonchev–Trinajstić information content (AvgIpc) is 2.51. The Hall–Kier alpha value is -1.85. The molecule has 24 heavy (non-hydrogen) atoms. The fraction of sp³-hybridized carbons (Fsp3) is 0.722. The van der Waals surface area contributed by atoms with Crippen LogP contribution in [-0.2, 0) is 23.9 Å². The maximum Gasteiger partial charge on any atom is 0.330 e. The van der Waals surface area contributed by atoms with E-state index in [1.165, 1.54) is 14.2 Å².